The summed E-state index contributed by atoms with van der Waals surface area (Å²) in [6.45, 7) is 0.717. The Morgan fingerprint density at radius 1 is 1.17 bits per heavy atom. The fraction of sp³-hybridized carbons (Fsp3) is 0.278. The van der Waals surface area contributed by atoms with E-state index in [2.05, 4.69) is 15.9 Å². The fourth-order valence-corrected chi connectivity index (χ4v) is 4.40. The number of rotatable bonds is 4. The van der Waals surface area contributed by atoms with Crippen molar-refractivity contribution in [3.63, 3.8) is 0 Å². The van der Waals surface area contributed by atoms with E-state index in [0.717, 1.165) is 33.8 Å². The molecule has 126 valence electrons. The van der Waals surface area contributed by atoms with Crippen molar-refractivity contribution in [3.05, 3.63) is 58.1 Å². The standard InChI is InChI=1S/C18H18BrNO3S/c1-22-13-9-12(10-14(11-13)23-2)18-20(7-8-24-18)17(21)15-5-3-4-6-16(15)19/h3-6,9-11,18H,7-8H2,1-2H3. The Balaban J connectivity index is 1.94. The molecule has 1 aliphatic heterocycles. The van der Waals surface area contributed by atoms with Crippen molar-refractivity contribution in [3.8, 4) is 11.5 Å². The molecule has 1 atom stereocenters. The van der Waals surface area contributed by atoms with Crippen molar-refractivity contribution in [2.24, 2.45) is 0 Å². The van der Waals surface area contributed by atoms with Crippen molar-refractivity contribution >= 4 is 33.6 Å². The summed E-state index contributed by atoms with van der Waals surface area (Å²) < 4.78 is 11.5. The smallest absolute Gasteiger partial charge is 0.256 e. The van der Waals surface area contributed by atoms with E-state index in [1.807, 2.05) is 47.4 Å². The highest BCUT2D eigenvalue weighted by Crippen LogP contribution is 2.41. The number of hydrogen-bond donors (Lipinski definition) is 0. The first kappa shape index (κ1) is 17.2. The molecule has 3 rings (SSSR count). The van der Waals surface area contributed by atoms with Gasteiger partial charge in [-0.2, -0.15) is 0 Å². The highest BCUT2D eigenvalue weighted by atomic mass is 79.9. The van der Waals surface area contributed by atoms with Crippen LogP contribution in [-0.4, -0.2) is 37.3 Å². The van der Waals surface area contributed by atoms with Crippen molar-refractivity contribution in [2.75, 3.05) is 26.5 Å². The van der Waals surface area contributed by atoms with Gasteiger partial charge in [0, 0.05) is 22.8 Å². The van der Waals surface area contributed by atoms with E-state index in [9.17, 15) is 4.79 Å². The van der Waals surface area contributed by atoms with Gasteiger partial charge in [0.05, 0.1) is 19.8 Å². The number of ether oxygens (including phenoxy) is 2. The molecule has 1 saturated heterocycles. The summed E-state index contributed by atoms with van der Waals surface area (Å²) >= 11 is 5.22. The van der Waals surface area contributed by atoms with Crippen molar-refractivity contribution in [1.29, 1.82) is 0 Å². The minimum absolute atomic E-state index is 0.0271. The number of nitrogens with zero attached hydrogens (tertiary/aromatic N) is 1. The maximum absolute atomic E-state index is 13.0. The highest BCUT2D eigenvalue weighted by Gasteiger charge is 2.32. The largest absolute Gasteiger partial charge is 0.497 e. The van der Waals surface area contributed by atoms with Crippen LogP contribution in [0.4, 0.5) is 0 Å². The molecule has 0 radical (unpaired) electrons. The Kier molecular flexibility index (Phi) is 5.36. The molecule has 2 aromatic rings. The molecular formula is C18H18BrNO3S. The molecule has 0 aliphatic carbocycles. The molecule has 1 heterocycles. The van der Waals surface area contributed by atoms with Crippen LogP contribution in [0, 0.1) is 0 Å². The van der Waals surface area contributed by atoms with Gasteiger partial charge in [0.15, 0.2) is 0 Å². The Bertz CT molecular complexity index is 731. The number of carbonyl (C=O) groups is 1. The first-order chi connectivity index (χ1) is 11.6. The van der Waals surface area contributed by atoms with Crippen molar-refractivity contribution in [1.82, 2.24) is 4.90 Å². The minimum atomic E-state index is -0.0476. The number of benzene rings is 2. The third-order valence-corrected chi connectivity index (χ3v) is 5.87. The molecule has 1 fully saturated rings. The Hall–Kier alpha value is -1.66. The lowest BCUT2D eigenvalue weighted by Gasteiger charge is -2.25. The zero-order chi connectivity index (χ0) is 17.1. The van der Waals surface area contributed by atoms with Crippen LogP contribution in [0.15, 0.2) is 46.9 Å². The van der Waals surface area contributed by atoms with Crippen LogP contribution in [0.5, 0.6) is 11.5 Å². The van der Waals surface area contributed by atoms with E-state index < -0.39 is 0 Å². The molecule has 1 unspecified atom stereocenters. The van der Waals surface area contributed by atoms with Crippen LogP contribution < -0.4 is 9.47 Å². The molecule has 6 heteroatoms. The lowest BCUT2D eigenvalue weighted by molar-refractivity contribution is 0.0759. The van der Waals surface area contributed by atoms with Crippen molar-refractivity contribution in [2.45, 2.75) is 5.37 Å². The Labute approximate surface area is 154 Å². The van der Waals surface area contributed by atoms with Gasteiger partial charge < -0.3 is 14.4 Å². The number of methoxy groups -OCH3 is 2. The third-order valence-electron chi connectivity index (χ3n) is 3.92. The summed E-state index contributed by atoms with van der Waals surface area (Å²) in [7, 11) is 3.26. The average molecular weight is 408 g/mol. The molecule has 0 spiro atoms. The lowest BCUT2D eigenvalue weighted by Crippen LogP contribution is -2.30. The van der Waals surface area contributed by atoms with E-state index in [1.165, 1.54) is 0 Å². The average Bonchev–Trinajstić information content (AvgIpc) is 3.10. The van der Waals surface area contributed by atoms with Crippen LogP contribution >= 0.6 is 27.7 Å². The molecule has 0 N–H and O–H groups in total. The molecule has 0 saturated carbocycles. The SMILES string of the molecule is COc1cc(OC)cc(C2SCCN2C(=O)c2ccccc2Br)c1. The predicted octanol–water partition coefficient (Wildman–Crippen LogP) is 4.35. The van der Waals surface area contributed by atoms with E-state index in [0.29, 0.717) is 5.56 Å². The lowest BCUT2D eigenvalue weighted by atomic mass is 10.1. The Morgan fingerprint density at radius 3 is 2.46 bits per heavy atom. The number of hydrogen-bond acceptors (Lipinski definition) is 4. The van der Waals surface area contributed by atoms with Gasteiger partial charge in [-0.3, -0.25) is 4.79 Å². The zero-order valence-corrected chi connectivity index (χ0v) is 15.9. The minimum Gasteiger partial charge on any atom is -0.497 e. The Morgan fingerprint density at radius 2 is 1.83 bits per heavy atom. The van der Waals surface area contributed by atoms with Crippen LogP contribution in [0.3, 0.4) is 0 Å². The molecule has 4 nitrogen and oxygen atoms in total. The van der Waals surface area contributed by atoms with Gasteiger partial charge in [-0.15, -0.1) is 11.8 Å². The number of carbonyl (C=O) groups excluding carboxylic acids is 1. The van der Waals surface area contributed by atoms with E-state index in [1.54, 1.807) is 26.0 Å². The number of halogens is 1. The van der Waals surface area contributed by atoms with Gasteiger partial charge >= 0.3 is 0 Å². The molecular weight excluding hydrogens is 390 g/mol. The molecule has 0 bridgehead atoms. The summed E-state index contributed by atoms with van der Waals surface area (Å²) in [5.41, 5.74) is 1.69. The normalized spacial score (nSPS) is 17.0. The van der Waals surface area contributed by atoms with Gasteiger partial charge in [-0.1, -0.05) is 12.1 Å². The predicted molar refractivity (Wildman–Crippen MR) is 99.9 cm³/mol. The zero-order valence-electron chi connectivity index (χ0n) is 13.5. The maximum Gasteiger partial charge on any atom is 0.256 e. The summed E-state index contributed by atoms with van der Waals surface area (Å²) in [5, 5.41) is -0.0476. The summed E-state index contributed by atoms with van der Waals surface area (Å²) in [5.74, 6) is 2.38. The first-order valence-corrected chi connectivity index (χ1v) is 9.38. The third kappa shape index (κ3) is 3.39. The highest BCUT2D eigenvalue weighted by molar-refractivity contribution is 9.10. The molecule has 2 aromatic carbocycles. The number of amides is 1. The van der Waals surface area contributed by atoms with Gasteiger partial charge in [0.2, 0.25) is 0 Å². The van der Waals surface area contributed by atoms with E-state index in [-0.39, 0.29) is 11.3 Å². The second-order valence-electron chi connectivity index (χ2n) is 5.35. The second kappa shape index (κ2) is 7.49. The molecule has 1 amide bonds. The van der Waals surface area contributed by atoms with Crippen LogP contribution in [0.25, 0.3) is 0 Å². The summed E-state index contributed by atoms with van der Waals surface area (Å²) in [4.78, 5) is 14.9. The van der Waals surface area contributed by atoms with E-state index in [4.69, 9.17) is 9.47 Å². The molecule has 24 heavy (non-hydrogen) atoms. The first-order valence-electron chi connectivity index (χ1n) is 7.54. The van der Waals surface area contributed by atoms with E-state index >= 15 is 0 Å². The number of thioether (sulfide) groups is 1. The topological polar surface area (TPSA) is 38.8 Å². The van der Waals surface area contributed by atoms with Gasteiger partial charge in [-0.25, -0.2) is 0 Å². The summed E-state index contributed by atoms with van der Waals surface area (Å²) in [6, 6.07) is 13.3. The maximum atomic E-state index is 13.0. The van der Waals surface area contributed by atoms with Crippen LogP contribution in [-0.2, 0) is 0 Å². The fourth-order valence-electron chi connectivity index (χ4n) is 2.72. The van der Waals surface area contributed by atoms with Gasteiger partial charge in [-0.05, 0) is 45.8 Å². The van der Waals surface area contributed by atoms with Gasteiger partial charge in [0.1, 0.15) is 16.9 Å². The van der Waals surface area contributed by atoms with Crippen LogP contribution in [0.2, 0.25) is 0 Å². The quantitative estimate of drug-likeness (QED) is 0.754. The monoisotopic (exact) mass is 407 g/mol. The van der Waals surface area contributed by atoms with Crippen molar-refractivity contribution < 1.29 is 14.3 Å². The van der Waals surface area contributed by atoms with Gasteiger partial charge in [0.25, 0.3) is 5.91 Å². The molecule has 1 aliphatic rings. The van der Waals surface area contributed by atoms with Crippen LogP contribution in [0.1, 0.15) is 21.3 Å². The molecule has 0 aromatic heterocycles. The summed E-state index contributed by atoms with van der Waals surface area (Å²) in [6.07, 6.45) is 0. The second-order valence-corrected chi connectivity index (χ2v) is 7.39.